The van der Waals surface area contributed by atoms with Gasteiger partial charge in [0.2, 0.25) is 5.88 Å². The molecule has 0 aliphatic rings. The zero-order valence-corrected chi connectivity index (χ0v) is 21.9. The van der Waals surface area contributed by atoms with Gasteiger partial charge in [0.25, 0.3) is 20.1 Å². The van der Waals surface area contributed by atoms with E-state index in [9.17, 15) is 26.5 Å². The Bertz CT molecular complexity index is 1740. The molecule has 1 heterocycles. The van der Waals surface area contributed by atoms with Crippen molar-refractivity contribution < 1.29 is 26.5 Å². The molecule has 37 heavy (non-hydrogen) atoms. The number of halogens is 2. The van der Waals surface area contributed by atoms with Gasteiger partial charge in [0.05, 0.1) is 32.0 Å². The van der Waals surface area contributed by atoms with Crippen LogP contribution in [0, 0.1) is 6.92 Å². The van der Waals surface area contributed by atoms with Gasteiger partial charge in [0.1, 0.15) is 4.90 Å². The Morgan fingerprint density at radius 1 is 0.919 bits per heavy atom. The van der Waals surface area contributed by atoms with Crippen molar-refractivity contribution in [2.75, 3.05) is 4.72 Å². The molecule has 3 aromatic carbocycles. The fourth-order valence-electron chi connectivity index (χ4n) is 3.21. The highest BCUT2D eigenvalue weighted by atomic mass is 35.5. The maximum absolute atomic E-state index is 12.7. The largest absolute Gasteiger partial charge is 0.492 e. The molecule has 0 spiro atoms. The molecule has 11 nitrogen and oxygen atoms in total. The van der Waals surface area contributed by atoms with Crippen LogP contribution in [0.1, 0.15) is 5.69 Å². The first kappa shape index (κ1) is 26.6. The van der Waals surface area contributed by atoms with Crippen molar-refractivity contribution >= 4 is 60.4 Å². The molecule has 0 fully saturated rings. The van der Waals surface area contributed by atoms with Gasteiger partial charge in [0.15, 0.2) is 5.69 Å². The molecular weight excluding hydrogens is 565 g/mol. The molecule has 0 aliphatic carbocycles. The van der Waals surface area contributed by atoms with Gasteiger partial charge in [-0.25, -0.2) is 8.42 Å². The molecule has 0 atom stereocenters. The third kappa shape index (κ3) is 5.76. The fourth-order valence-corrected chi connectivity index (χ4v) is 5.64. The minimum Gasteiger partial charge on any atom is -0.492 e. The van der Waals surface area contributed by atoms with Gasteiger partial charge in [-0.3, -0.25) is 9.27 Å². The number of azo groups is 1. The number of hydrogen-bond acceptors (Lipinski definition) is 8. The summed E-state index contributed by atoms with van der Waals surface area (Å²) in [5.41, 5.74) is 0.761. The van der Waals surface area contributed by atoms with E-state index < -0.39 is 30.9 Å². The molecule has 15 heteroatoms. The van der Waals surface area contributed by atoms with E-state index in [0.29, 0.717) is 5.69 Å². The number of aromatic hydroxyl groups is 1. The third-order valence-corrected chi connectivity index (χ3v) is 7.93. The van der Waals surface area contributed by atoms with Gasteiger partial charge in [-0.1, -0.05) is 47.5 Å². The molecule has 0 unspecified atom stereocenters. The van der Waals surface area contributed by atoms with Crippen LogP contribution in [0.2, 0.25) is 10.0 Å². The summed E-state index contributed by atoms with van der Waals surface area (Å²) >= 11 is 12.1. The van der Waals surface area contributed by atoms with Crippen LogP contribution in [-0.2, 0) is 20.1 Å². The van der Waals surface area contributed by atoms with E-state index in [1.54, 1.807) is 30.3 Å². The molecule has 0 radical (unpaired) electrons. The molecule has 0 saturated heterocycles. The Balaban J connectivity index is 1.65. The van der Waals surface area contributed by atoms with Crippen molar-refractivity contribution in [1.82, 2.24) is 9.78 Å². The maximum Gasteiger partial charge on any atom is 0.296 e. The van der Waals surface area contributed by atoms with Crippen LogP contribution in [-0.4, -0.2) is 36.3 Å². The predicted octanol–water partition coefficient (Wildman–Crippen LogP) is 5.66. The number of anilines is 1. The van der Waals surface area contributed by atoms with Gasteiger partial charge in [-0.05, 0) is 49.4 Å². The van der Waals surface area contributed by atoms with Crippen molar-refractivity contribution in [1.29, 1.82) is 0 Å². The molecule has 0 bridgehead atoms. The lowest BCUT2D eigenvalue weighted by Gasteiger charge is -2.09. The number of para-hydroxylation sites is 1. The summed E-state index contributed by atoms with van der Waals surface area (Å²) in [6, 6.07) is 16.1. The first-order chi connectivity index (χ1) is 17.4. The second-order valence-corrected chi connectivity index (χ2v) is 11.4. The second-order valence-electron chi connectivity index (χ2n) is 7.55. The van der Waals surface area contributed by atoms with Gasteiger partial charge < -0.3 is 5.11 Å². The fraction of sp³-hybridized carbons (Fsp3) is 0.0455. The number of hydrogen-bond donors (Lipinski definition) is 3. The summed E-state index contributed by atoms with van der Waals surface area (Å²) in [6.07, 6.45) is 0. The van der Waals surface area contributed by atoms with Gasteiger partial charge >= 0.3 is 0 Å². The first-order valence-electron chi connectivity index (χ1n) is 10.2. The third-order valence-electron chi connectivity index (χ3n) is 4.93. The molecule has 4 rings (SSSR count). The Labute approximate surface area is 221 Å². The van der Waals surface area contributed by atoms with Crippen LogP contribution in [0.5, 0.6) is 5.88 Å². The van der Waals surface area contributed by atoms with E-state index >= 15 is 0 Å². The highest BCUT2D eigenvalue weighted by Gasteiger charge is 2.22. The lowest BCUT2D eigenvalue weighted by Crippen LogP contribution is -2.12. The van der Waals surface area contributed by atoms with Crippen LogP contribution in [0.25, 0.3) is 5.69 Å². The summed E-state index contributed by atoms with van der Waals surface area (Å²) in [5.74, 6) is -0.492. The van der Waals surface area contributed by atoms with Crippen LogP contribution >= 0.6 is 23.2 Å². The molecule has 0 saturated carbocycles. The minimum atomic E-state index is -4.63. The van der Waals surface area contributed by atoms with Crippen LogP contribution in [0.4, 0.5) is 17.1 Å². The van der Waals surface area contributed by atoms with Crippen molar-refractivity contribution in [2.45, 2.75) is 16.7 Å². The number of aromatic nitrogens is 2. The van der Waals surface area contributed by atoms with Gasteiger partial charge in [-0.2, -0.15) is 23.3 Å². The summed E-state index contributed by atoms with van der Waals surface area (Å²) in [5, 5.41) is 22.3. The molecule has 4 aromatic rings. The van der Waals surface area contributed by atoms with E-state index in [0.717, 1.165) is 16.8 Å². The van der Waals surface area contributed by atoms with E-state index in [1.165, 1.54) is 31.2 Å². The maximum atomic E-state index is 12.7. The summed E-state index contributed by atoms with van der Waals surface area (Å²) < 4.78 is 61.1. The van der Waals surface area contributed by atoms with Crippen molar-refractivity contribution in [2.24, 2.45) is 10.2 Å². The molecular formula is C22H17Cl2N5O6S2. The molecule has 3 N–H and O–H groups in total. The summed E-state index contributed by atoms with van der Waals surface area (Å²) in [6.45, 7) is 1.53. The van der Waals surface area contributed by atoms with Crippen molar-refractivity contribution in [3.8, 4) is 11.6 Å². The number of nitrogens with one attached hydrogen (secondary N) is 1. The van der Waals surface area contributed by atoms with E-state index in [2.05, 4.69) is 20.0 Å². The van der Waals surface area contributed by atoms with Gasteiger partial charge in [0, 0.05) is 5.69 Å². The highest BCUT2D eigenvalue weighted by Crippen LogP contribution is 2.38. The van der Waals surface area contributed by atoms with Gasteiger partial charge in [-0.15, -0.1) is 5.11 Å². The smallest absolute Gasteiger partial charge is 0.296 e. The molecule has 192 valence electrons. The number of benzene rings is 3. The van der Waals surface area contributed by atoms with Crippen molar-refractivity contribution in [3.63, 3.8) is 0 Å². The topological polar surface area (TPSA) is 163 Å². The normalized spacial score (nSPS) is 12.2. The second kappa shape index (κ2) is 10.1. The molecule has 0 amide bonds. The molecule has 1 aromatic heterocycles. The van der Waals surface area contributed by atoms with E-state index in [-0.39, 0.29) is 37.7 Å². The Morgan fingerprint density at radius 2 is 1.62 bits per heavy atom. The first-order valence-corrected chi connectivity index (χ1v) is 13.9. The monoisotopic (exact) mass is 581 g/mol. The van der Waals surface area contributed by atoms with Crippen LogP contribution < -0.4 is 4.72 Å². The number of sulfonamides is 1. The Hall–Kier alpha value is -3.49. The number of aryl methyl sites for hydroxylation is 1. The average molecular weight is 582 g/mol. The zero-order chi connectivity index (χ0) is 27.0. The summed E-state index contributed by atoms with van der Waals surface area (Å²) in [4.78, 5) is -0.660. The highest BCUT2D eigenvalue weighted by molar-refractivity contribution is 7.92. The quantitative estimate of drug-likeness (QED) is 0.187. The lowest BCUT2D eigenvalue weighted by atomic mass is 10.3. The Morgan fingerprint density at radius 3 is 2.30 bits per heavy atom. The predicted molar refractivity (Wildman–Crippen MR) is 138 cm³/mol. The van der Waals surface area contributed by atoms with Crippen LogP contribution in [0.15, 0.2) is 86.7 Å². The van der Waals surface area contributed by atoms with Crippen molar-refractivity contribution in [3.05, 3.63) is 82.5 Å². The summed E-state index contributed by atoms with van der Waals surface area (Å²) in [7, 11) is -8.52. The number of nitrogens with zero attached hydrogens (tertiary/aromatic N) is 4. The van der Waals surface area contributed by atoms with E-state index in [4.69, 9.17) is 23.2 Å². The lowest BCUT2D eigenvalue weighted by molar-refractivity contribution is 0.434. The SMILES string of the molecule is Cc1nn(-c2cc(Cl)c(S(=O)(=O)O)cc2Cl)c(O)c1/N=N/c1cccc(S(=O)(=O)Nc2ccccc2)c1. The zero-order valence-electron chi connectivity index (χ0n) is 18.7. The van der Waals surface area contributed by atoms with Crippen LogP contribution in [0.3, 0.4) is 0 Å². The standard InChI is InChI=1S/C22H17Cl2N5O6S2/c1-13-21(22(30)29(27-13)19-11-18(24)20(12-17(19)23)37(33,34)35)26-25-15-8-5-9-16(10-15)36(31,32)28-14-6-3-2-4-7-14/h2-12,28,30H,1H3,(H,33,34,35)/b26-25+. The van der Waals surface area contributed by atoms with E-state index in [1.807, 2.05) is 0 Å². The average Bonchev–Trinajstić information content (AvgIpc) is 3.11. The minimum absolute atomic E-state index is 0.0150. The molecule has 0 aliphatic heterocycles. The Kier molecular flexibility index (Phi) is 7.26. The number of rotatable bonds is 7.